The van der Waals surface area contributed by atoms with Gasteiger partial charge >= 0.3 is 5.97 Å². The minimum Gasteiger partial charge on any atom is -0.478 e. The molecule has 0 spiro atoms. The second-order valence-corrected chi connectivity index (χ2v) is 5.32. The molecule has 2 N–H and O–H groups in total. The van der Waals surface area contributed by atoms with E-state index in [-0.39, 0.29) is 17.5 Å². The Morgan fingerprint density at radius 2 is 1.79 bits per heavy atom. The number of hydrogen-bond donors (Lipinski definition) is 2. The van der Waals surface area contributed by atoms with Crippen LogP contribution >= 0.6 is 0 Å². The lowest BCUT2D eigenvalue weighted by molar-refractivity contribution is 0.0697. The summed E-state index contributed by atoms with van der Waals surface area (Å²) in [6, 6.07) is 6.37. The van der Waals surface area contributed by atoms with Crippen LogP contribution in [0.3, 0.4) is 0 Å². The van der Waals surface area contributed by atoms with Crippen LogP contribution in [0.1, 0.15) is 53.3 Å². The predicted octanol–water partition coefficient (Wildman–Crippen LogP) is 2.69. The van der Waals surface area contributed by atoms with Crippen LogP contribution in [0.25, 0.3) is 0 Å². The van der Waals surface area contributed by atoms with Gasteiger partial charge in [-0.2, -0.15) is 0 Å². The zero-order valence-corrected chi connectivity index (χ0v) is 11.1. The number of benzene rings is 1. The van der Waals surface area contributed by atoms with E-state index in [1.165, 1.54) is 12.1 Å². The van der Waals surface area contributed by atoms with Crippen molar-refractivity contribution in [3.05, 3.63) is 35.4 Å². The van der Waals surface area contributed by atoms with E-state index in [0.29, 0.717) is 5.56 Å². The summed E-state index contributed by atoms with van der Waals surface area (Å²) in [5.41, 5.74) is 0.559. The number of carboxylic acids is 1. The molecule has 0 unspecified atom stereocenters. The van der Waals surface area contributed by atoms with Crippen molar-refractivity contribution in [2.24, 2.45) is 5.92 Å². The number of carboxylic acid groups (broad SMARTS) is 1. The van der Waals surface area contributed by atoms with Gasteiger partial charge in [-0.1, -0.05) is 13.0 Å². The van der Waals surface area contributed by atoms with Crippen molar-refractivity contribution in [1.82, 2.24) is 5.32 Å². The number of amides is 1. The first-order valence-corrected chi connectivity index (χ1v) is 6.70. The number of hydrogen-bond acceptors (Lipinski definition) is 2. The monoisotopic (exact) mass is 261 g/mol. The third-order valence-corrected chi connectivity index (χ3v) is 3.72. The molecule has 0 heterocycles. The van der Waals surface area contributed by atoms with Crippen molar-refractivity contribution < 1.29 is 14.7 Å². The summed E-state index contributed by atoms with van der Waals surface area (Å²) < 4.78 is 0. The van der Waals surface area contributed by atoms with E-state index < -0.39 is 5.97 Å². The van der Waals surface area contributed by atoms with Gasteiger partial charge in [0.05, 0.1) is 5.56 Å². The first-order chi connectivity index (χ1) is 9.06. The van der Waals surface area contributed by atoms with Gasteiger partial charge in [0, 0.05) is 11.6 Å². The molecule has 0 aromatic heterocycles. The fourth-order valence-electron chi connectivity index (χ4n) is 2.47. The highest BCUT2D eigenvalue weighted by Crippen LogP contribution is 2.23. The molecule has 0 atom stereocenters. The Bertz CT molecular complexity index is 476. The average molecular weight is 261 g/mol. The largest absolute Gasteiger partial charge is 0.478 e. The Labute approximate surface area is 112 Å². The highest BCUT2D eigenvalue weighted by Gasteiger charge is 2.20. The van der Waals surface area contributed by atoms with Crippen molar-refractivity contribution >= 4 is 11.9 Å². The zero-order valence-electron chi connectivity index (χ0n) is 11.1. The molecule has 2 rings (SSSR count). The van der Waals surface area contributed by atoms with Gasteiger partial charge in [-0.05, 0) is 49.8 Å². The molecule has 0 radical (unpaired) electrons. The molecule has 1 saturated carbocycles. The van der Waals surface area contributed by atoms with E-state index in [1.807, 2.05) is 0 Å². The molecule has 1 aliphatic carbocycles. The first-order valence-electron chi connectivity index (χ1n) is 6.70. The summed E-state index contributed by atoms with van der Waals surface area (Å²) >= 11 is 0. The Kier molecular flexibility index (Phi) is 4.20. The van der Waals surface area contributed by atoms with Gasteiger partial charge in [0.15, 0.2) is 0 Å². The van der Waals surface area contributed by atoms with E-state index in [0.717, 1.165) is 31.6 Å². The number of carbonyl (C=O) groups excluding carboxylic acids is 1. The summed E-state index contributed by atoms with van der Waals surface area (Å²) in [7, 11) is 0. The van der Waals surface area contributed by atoms with Gasteiger partial charge in [-0.25, -0.2) is 4.79 Å². The van der Waals surface area contributed by atoms with E-state index in [2.05, 4.69) is 12.2 Å². The smallest absolute Gasteiger partial charge is 0.335 e. The van der Waals surface area contributed by atoms with Crippen LogP contribution in [0.4, 0.5) is 0 Å². The summed E-state index contributed by atoms with van der Waals surface area (Å²) in [6.45, 7) is 2.23. The summed E-state index contributed by atoms with van der Waals surface area (Å²) in [6.07, 6.45) is 4.29. The first kappa shape index (κ1) is 13.6. The third-order valence-electron chi connectivity index (χ3n) is 3.72. The minimum atomic E-state index is -1.01. The molecule has 0 saturated heterocycles. The molecule has 1 aliphatic rings. The fourth-order valence-corrected chi connectivity index (χ4v) is 2.47. The fraction of sp³-hybridized carbons (Fsp3) is 0.467. The van der Waals surface area contributed by atoms with Gasteiger partial charge in [0.1, 0.15) is 0 Å². The molecular formula is C15H19NO3. The van der Waals surface area contributed by atoms with Gasteiger partial charge < -0.3 is 10.4 Å². The molecular weight excluding hydrogens is 242 g/mol. The van der Waals surface area contributed by atoms with Gasteiger partial charge in [-0.15, -0.1) is 0 Å². The number of rotatable bonds is 3. The minimum absolute atomic E-state index is 0.143. The van der Waals surface area contributed by atoms with Crippen LogP contribution in [-0.2, 0) is 0 Å². The quantitative estimate of drug-likeness (QED) is 0.879. The lowest BCUT2D eigenvalue weighted by atomic mass is 9.87. The molecule has 102 valence electrons. The van der Waals surface area contributed by atoms with Crippen molar-refractivity contribution in [1.29, 1.82) is 0 Å². The second-order valence-electron chi connectivity index (χ2n) is 5.32. The Morgan fingerprint density at radius 1 is 1.16 bits per heavy atom. The Morgan fingerprint density at radius 3 is 2.42 bits per heavy atom. The lowest BCUT2D eigenvalue weighted by Crippen LogP contribution is -2.37. The molecule has 1 fully saturated rings. The molecule has 19 heavy (non-hydrogen) atoms. The maximum absolute atomic E-state index is 12.1. The number of aromatic carboxylic acids is 1. The normalized spacial score (nSPS) is 22.8. The van der Waals surface area contributed by atoms with E-state index >= 15 is 0 Å². The molecule has 1 aromatic carbocycles. The topological polar surface area (TPSA) is 66.4 Å². The molecule has 0 bridgehead atoms. The molecule has 1 amide bonds. The molecule has 4 nitrogen and oxygen atoms in total. The van der Waals surface area contributed by atoms with Crippen LogP contribution in [0.15, 0.2) is 24.3 Å². The van der Waals surface area contributed by atoms with Crippen LogP contribution in [0.5, 0.6) is 0 Å². The maximum Gasteiger partial charge on any atom is 0.335 e. The lowest BCUT2D eigenvalue weighted by Gasteiger charge is -2.26. The maximum atomic E-state index is 12.1. The van der Waals surface area contributed by atoms with E-state index in [9.17, 15) is 9.59 Å². The van der Waals surface area contributed by atoms with Crippen molar-refractivity contribution in [3.63, 3.8) is 0 Å². The summed E-state index contributed by atoms with van der Waals surface area (Å²) in [4.78, 5) is 22.9. The molecule has 4 heteroatoms. The third kappa shape index (κ3) is 3.56. The van der Waals surface area contributed by atoms with Crippen LogP contribution in [0, 0.1) is 5.92 Å². The van der Waals surface area contributed by atoms with Gasteiger partial charge in [0.2, 0.25) is 0 Å². The van der Waals surface area contributed by atoms with E-state index in [4.69, 9.17) is 5.11 Å². The molecule has 1 aromatic rings. The van der Waals surface area contributed by atoms with Crippen molar-refractivity contribution in [2.75, 3.05) is 0 Å². The average Bonchev–Trinajstić information content (AvgIpc) is 2.41. The summed E-state index contributed by atoms with van der Waals surface area (Å²) in [5.74, 6) is -0.452. The van der Waals surface area contributed by atoms with Crippen LogP contribution in [-0.4, -0.2) is 23.0 Å². The van der Waals surface area contributed by atoms with Crippen molar-refractivity contribution in [2.45, 2.75) is 38.6 Å². The van der Waals surface area contributed by atoms with Crippen LogP contribution < -0.4 is 5.32 Å². The van der Waals surface area contributed by atoms with Gasteiger partial charge in [0.25, 0.3) is 5.91 Å². The van der Waals surface area contributed by atoms with Gasteiger partial charge in [-0.3, -0.25) is 4.79 Å². The SMILES string of the molecule is CC1CCC(NC(=O)c2cccc(C(=O)O)c2)CC1. The number of nitrogens with one attached hydrogen (secondary N) is 1. The standard InChI is InChI=1S/C15H19NO3/c1-10-5-7-13(8-6-10)16-14(17)11-3-2-4-12(9-11)15(18)19/h2-4,9-10,13H,5-8H2,1H3,(H,16,17)(H,18,19). The van der Waals surface area contributed by atoms with Crippen molar-refractivity contribution in [3.8, 4) is 0 Å². The second kappa shape index (κ2) is 5.87. The van der Waals surface area contributed by atoms with E-state index in [1.54, 1.807) is 12.1 Å². The zero-order chi connectivity index (χ0) is 13.8. The highest BCUT2D eigenvalue weighted by atomic mass is 16.4. The van der Waals surface area contributed by atoms with Crippen LogP contribution in [0.2, 0.25) is 0 Å². The Balaban J connectivity index is 2.00. The Hall–Kier alpha value is -1.84. The summed E-state index contributed by atoms with van der Waals surface area (Å²) in [5, 5.41) is 11.9. The predicted molar refractivity (Wildman–Crippen MR) is 72.3 cm³/mol. The highest BCUT2D eigenvalue weighted by molar-refractivity contribution is 5.97. The number of carbonyl (C=O) groups is 2. The molecule has 0 aliphatic heterocycles.